The van der Waals surface area contributed by atoms with Gasteiger partial charge in [0.25, 0.3) is 0 Å². The fraction of sp³-hybridized carbons (Fsp3) is 0.297. The van der Waals surface area contributed by atoms with E-state index in [2.05, 4.69) is 31.7 Å². The number of halogens is 2. The van der Waals surface area contributed by atoms with Crippen LogP contribution in [-0.2, 0) is 34.9 Å². The molecular formula is C37H41BrClN4O9P. The molecule has 0 spiro atoms. The molecule has 1 aromatic heterocycles. The van der Waals surface area contributed by atoms with E-state index in [0.29, 0.717) is 16.5 Å². The first-order valence-corrected chi connectivity index (χ1v) is 20.4. The van der Waals surface area contributed by atoms with Gasteiger partial charge in [-0.1, -0.05) is 17.7 Å². The Morgan fingerprint density at radius 1 is 0.868 bits per heavy atom. The molecule has 3 aromatic carbocycles. The second-order valence-electron chi connectivity index (χ2n) is 12.7. The van der Waals surface area contributed by atoms with Crippen molar-refractivity contribution in [3.63, 3.8) is 0 Å². The molecule has 0 unspecified atom stereocenters. The number of aromatic nitrogens is 1. The molecule has 0 bridgehead atoms. The number of hydrogen-bond acceptors (Lipinski definition) is 8. The Labute approximate surface area is 320 Å². The van der Waals surface area contributed by atoms with Crippen LogP contribution >= 0.6 is 35.0 Å². The number of primary amides is 1. The molecule has 1 heterocycles. The third kappa shape index (κ3) is 11.9. The summed E-state index contributed by atoms with van der Waals surface area (Å²) in [5, 5.41) is 29.3. The van der Waals surface area contributed by atoms with E-state index in [9.17, 15) is 29.1 Å². The van der Waals surface area contributed by atoms with Crippen molar-refractivity contribution in [3.8, 4) is 22.4 Å². The van der Waals surface area contributed by atoms with Crippen LogP contribution in [0.25, 0.3) is 22.4 Å². The molecule has 16 heteroatoms. The fourth-order valence-corrected chi connectivity index (χ4v) is 9.03. The van der Waals surface area contributed by atoms with Gasteiger partial charge < -0.3 is 0 Å². The number of carbonyl (C=O) groups is 5. The van der Waals surface area contributed by atoms with Gasteiger partial charge in [-0.05, 0) is 6.07 Å². The summed E-state index contributed by atoms with van der Waals surface area (Å²) in [4.78, 5) is 62.2. The van der Waals surface area contributed by atoms with Gasteiger partial charge in [-0.2, -0.15) is 0 Å². The molecule has 4 aromatic rings. The van der Waals surface area contributed by atoms with E-state index in [1.165, 1.54) is 0 Å². The van der Waals surface area contributed by atoms with Gasteiger partial charge in [-0.15, -0.1) is 0 Å². The number of nitrogens with two attached hydrogens (primary N) is 1. The van der Waals surface area contributed by atoms with Gasteiger partial charge in [0.15, 0.2) is 0 Å². The van der Waals surface area contributed by atoms with Crippen LogP contribution in [0.3, 0.4) is 0 Å². The Bertz CT molecular complexity index is 1930. The number of rotatable bonds is 19. The summed E-state index contributed by atoms with van der Waals surface area (Å²) >= 11 is 9.61. The van der Waals surface area contributed by atoms with E-state index in [-0.39, 0.29) is 25.4 Å². The standard InChI is InChI=1S/C37H41BrClN4O9P/c1-51-53(2,29-12-10-26(38)11-13-29)21-25(36(49)42-31(15-17-34(46)47)37(50)41-30(35(40)48)14-16-33(44)45)19-28-20-32(43-52-28)23-8-6-22(7-9-23)24-4-3-5-27(39)18-24/h3-13,18,20,25,30-31,53H,14-17,19,21H2,1-2H3,(H2,40,48)(H,41,50)(H,42,49)(H,44,45)(H,46,47)/t25-,30+,31+/m1/s1. The summed E-state index contributed by atoms with van der Waals surface area (Å²) in [6.45, 7) is 1.96. The predicted molar refractivity (Wildman–Crippen MR) is 206 cm³/mol. The molecule has 53 heavy (non-hydrogen) atoms. The monoisotopic (exact) mass is 830 g/mol. The van der Waals surface area contributed by atoms with Crippen molar-refractivity contribution in [2.24, 2.45) is 11.7 Å². The summed E-state index contributed by atoms with van der Waals surface area (Å²) in [5.41, 5.74) is 8.62. The van der Waals surface area contributed by atoms with Crippen LogP contribution in [0.4, 0.5) is 0 Å². The number of carbonyl (C=O) groups excluding carboxylic acids is 3. The van der Waals surface area contributed by atoms with E-state index in [4.69, 9.17) is 31.5 Å². The molecule has 0 aliphatic carbocycles. The Morgan fingerprint density at radius 2 is 1.47 bits per heavy atom. The Balaban J connectivity index is 1.62. The third-order valence-corrected chi connectivity index (χ3v) is 13.3. The van der Waals surface area contributed by atoms with Crippen molar-refractivity contribution >= 4 is 70.0 Å². The van der Waals surface area contributed by atoms with Gasteiger partial charge in [0.1, 0.15) is 0 Å². The van der Waals surface area contributed by atoms with Crippen LogP contribution in [-0.4, -0.2) is 77.1 Å². The summed E-state index contributed by atoms with van der Waals surface area (Å²) in [6.07, 6.45) is -1.25. The van der Waals surface area contributed by atoms with E-state index >= 15 is 0 Å². The molecule has 13 nitrogen and oxygen atoms in total. The zero-order chi connectivity index (χ0) is 38.7. The Morgan fingerprint density at radius 3 is 2.06 bits per heavy atom. The quantitative estimate of drug-likeness (QED) is 0.0796. The van der Waals surface area contributed by atoms with Crippen molar-refractivity contribution in [2.45, 2.75) is 44.2 Å². The van der Waals surface area contributed by atoms with E-state index < -0.39 is 68.0 Å². The number of nitrogens with one attached hydrogen (secondary N) is 2. The zero-order valence-electron chi connectivity index (χ0n) is 29.0. The van der Waals surface area contributed by atoms with Crippen LogP contribution in [0.15, 0.2) is 87.9 Å². The van der Waals surface area contributed by atoms with Gasteiger partial charge in [-0.3, -0.25) is 0 Å². The predicted octanol–water partition coefficient (Wildman–Crippen LogP) is 5.03. The number of aliphatic carboxylic acids is 2. The third-order valence-electron chi connectivity index (χ3n) is 8.84. The molecule has 0 fully saturated rings. The van der Waals surface area contributed by atoms with Gasteiger partial charge in [0, 0.05) is 5.02 Å². The van der Waals surface area contributed by atoms with Gasteiger partial charge in [0.05, 0.1) is 0 Å². The molecule has 3 amide bonds. The minimum atomic E-state index is -2.84. The van der Waals surface area contributed by atoms with Crippen molar-refractivity contribution in [2.75, 3.05) is 19.9 Å². The Kier molecular flexibility index (Phi) is 14.7. The van der Waals surface area contributed by atoms with E-state index in [1.807, 2.05) is 73.4 Å². The molecule has 282 valence electrons. The van der Waals surface area contributed by atoms with Crippen LogP contribution in [0.5, 0.6) is 0 Å². The van der Waals surface area contributed by atoms with Gasteiger partial charge >= 0.3 is 293 Å². The second kappa shape index (κ2) is 18.9. The molecular weight excluding hydrogens is 791 g/mol. The van der Waals surface area contributed by atoms with Crippen LogP contribution < -0.4 is 21.7 Å². The Hall–Kier alpha value is -4.62. The number of nitrogens with zero attached hydrogens (tertiary/aromatic N) is 1. The fourth-order valence-electron chi connectivity index (χ4n) is 5.79. The van der Waals surface area contributed by atoms with Crippen molar-refractivity contribution in [3.05, 3.63) is 94.1 Å². The van der Waals surface area contributed by atoms with Crippen LogP contribution in [0.1, 0.15) is 31.4 Å². The number of carboxylic acid groups (broad SMARTS) is 2. The maximum absolute atomic E-state index is 14.2. The topological polar surface area (TPSA) is 211 Å². The summed E-state index contributed by atoms with van der Waals surface area (Å²) in [7, 11) is -1.27. The second-order valence-corrected chi connectivity index (χ2v) is 17.9. The maximum atomic E-state index is 14.2. The van der Waals surface area contributed by atoms with Crippen LogP contribution in [0.2, 0.25) is 5.02 Å². The first kappa shape index (κ1) is 41.1. The summed E-state index contributed by atoms with van der Waals surface area (Å²) < 4.78 is 12.7. The van der Waals surface area contributed by atoms with Crippen molar-refractivity contribution in [1.82, 2.24) is 15.8 Å². The average Bonchev–Trinajstić information content (AvgIpc) is 3.59. The first-order valence-electron chi connectivity index (χ1n) is 16.6. The molecule has 4 rings (SSSR count). The van der Waals surface area contributed by atoms with Gasteiger partial charge in [-0.25, -0.2) is 0 Å². The van der Waals surface area contributed by atoms with E-state index in [0.717, 1.165) is 26.5 Å². The number of carboxylic acids is 2. The normalized spacial score (nSPS) is 13.4. The SMILES string of the molecule is CO[PH](C)(C[C@@H](Cc1cc(-c2ccc(-c3cccc(Cl)c3)cc2)no1)C(=O)N[C@@H](CCC(=O)O)C(=O)N[C@@H](CCC(=O)O)C(N)=O)c1ccc(Br)cc1. The number of hydrogen-bond donors (Lipinski definition) is 5. The van der Waals surface area contributed by atoms with Crippen molar-refractivity contribution in [1.29, 1.82) is 0 Å². The average molecular weight is 832 g/mol. The molecule has 0 aliphatic rings. The molecule has 6 N–H and O–H groups in total. The molecule has 0 aliphatic heterocycles. The molecule has 3 atom stereocenters. The number of benzene rings is 3. The minimum absolute atomic E-state index is 0.0533. The molecule has 0 radical (unpaired) electrons. The van der Waals surface area contributed by atoms with Gasteiger partial charge in [0.2, 0.25) is 0 Å². The number of amides is 3. The van der Waals surface area contributed by atoms with E-state index in [1.54, 1.807) is 19.2 Å². The zero-order valence-corrected chi connectivity index (χ0v) is 32.4. The summed E-state index contributed by atoms with van der Waals surface area (Å²) in [5.74, 6) is -5.32. The summed E-state index contributed by atoms with van der Waals surface area (Å²) in [6, 6.07) is 21.7. The molecule has 0 saturated carbocycles. The molecule has 0 saturated heterocycles. The van der Waals surface area contributed by atoms with Crippen LogP contribution in [0, 0.1) is 5.92 Å². The first-order chi connectivity index (χ1) is 25.2. The van der Waals surface area contributed by atoms with Crippen molar-refractivity contribution < 1.29 is 43.2 Å².